The van der Waals surface area contributed by atoms with Crippen LogP contribution in [-0.2, 0) is 0 Å². The first-order valence-corrected chi connectivity index (χ1v) is 6.41. The van der Waals surface area contributed by atoms with Gasteiger partial charge in [0.05, 0.1) is 12.1 Å². The van der Waals surface area contributed by atoms with Gasteiger partial charge in [0.2, 0.25) is 5.89 Å². The molecular weight excluding hydrogens is 234 g/mol. The Balaban J connectivity index is 1.66. The molecular formula is C11H19N5O2. The number of piperazine rings is 1. The predicted molar refractivity (Wildman–Crippen MR) is 65.4 cm³/mol. The van der Waals surface area contributed by atoms with Crippen molar-refractivity contribution in [3.05, 3.63) is 5.89 Å². The van der Waals surface area contributed by atoms with Crippen molar-refractivity contribution in [2.75, 3.05) is 44.7 Å². The molecule has 2 aliphatic rings. The van der Waals surface area contributed by atoms with E-state index in [1.54, 1.807) is 0 Å². The van der Waals surface area contributed by atoms with Crippen LogP contribution in [0.1, 0.15) is 18.4 Å². The summed E-state index contributed by atoms with van der Waals surface area (Å²) in [7, 11) is 2.11. The summed E-state index contributed by atoms with van der Waals surface area (Å²) in [5, 5.41) is 16.7. The molecule has 0 bridgehead atoms. The van der Waals surface area contributed by atoms with E-state index in [9.17, 15) is 5.11 Å². The fourth-order valence-corrected chi connectivity index (χ4v) is 2.41. The number of likely N-dealkylation sites (N-methyl/N-ethyl adjacent to an activating group) is 1. The van der Waals surface area contributed by atoms with Crippen LogP contribution in [0.5, 0.6) is 0 Å². The van der Waals surface area contributed by atoms with E-state index in [1.807, 2.05) is 0 Å². The van der Waals surface area contributed by atoms with E-state index in [-0.39, 0.29) is 12.1 Å². The van der Waals surface area contributed by atoms with Crippen LogP contribution in [0, 0.1) is 0 Å². The molecule has 0 saturated carbocycles. The minimum atomic E-state index is -0.311. The molecule has 0 amide bonds. The fourth-order valence-electron chi connectivity index (χ4n) is 2.41. The lowest BCUT2D eigenvalue weighted by atomic mass is 10.2. The van der Waals surface area contributed by atoms with Crippen LogP contribution < -0.4 is 10.2 Å². The third-order valence-corrected chi connectivity index (χ3v) is 3.62. The monoisotopic (exact) mass is 253 g/mol. The molecule has 0 unspecified atom stereocenters. The van der Waals surface area contributed by atoms with Gasteiger partial charge in [0.25, 0.3) is 5.95 Å². The molecule has 18 heavy (non-hydrogen) atoms. The quantitative estimate of drug-likeness (QED) is 0.715. The molecule has 0 spiro atoms. The van der Waals surface area contributed by atoms with Crippen molar-refractivity contribution in [3.63, 3.8) is 0 Å². The molecule has 1 aromatic rings. The zero-order valence-electron chi connectivity index (χ0n) is 10.5. The molecule has 2 fully saturated rings. The van der Waals surface area contributed by atoms with E-state index < -0.39 is 0 Å². The van der Waals surface area contributed by atoms with Gasteiger partial charge in [0.1, 0.15) is 0 Å². The number of aromatic nitrogens is 2. The zero-order chi connectivity index (χ0) is 12.5. The predicted octanol–water partition coefficient (Wildman–Crippen LogP) is -0.783. The number of aliphatic hydroxyl groups is 1. The fraction of sp³-hybridized carbons (Fsp3) is 0.818. The second-order valence-electron chi connectivity index (χ2n) is 5.07. The highest BCUT2D eigenvalue weighted by Crippen LogP contribution is 2.23. The highest BCUT2D eigenvalue weighted by Gasteiger charge is 2.29. The minimum absolute atomic E-state index is 0.00582. The molecule has 100 valence electrons. The molecule has 0 aliphatic carbocycles. The van der Waals surface area contributed by atoms with Gasteiger partial charge in [-0.2, -0.15) is 4.98 Å². The summed E-state index contributed by atoms with van der Waals surface area (Å²) in [6.07, 6.45) is 0.332. The lowest BCUT2D eigenvalue weighted by Crippen LogP contribution is -2.44. The van der Waals surface area contributed by atoms with Crippen molar-refractivity contribution >= 4 is 5.95 Å². The number of aliphatic hydroxyl groups excluding tert-OH is 1. The van der Waals surface area contributed by atoms with Crippen molar-refractivity contribution < 1.29 is 9.63 Å². The third kappa shape index (κ3) is 2.33. The van der Waals surface area contributed by atoms with Crippen LogP contribution in [0.15, 0.2) is 4.52 Å². The topological polar surface area (TPSA) is 77.7 Å². The Labute approximate surface area is 106 Å². The van der Waals surface area contributed by atoms with Gasteiger partial charge in [-0.25, -0.2) is 0 Å². The third-order valence-electron chi connectivity index (χ3n) is 3.62. The Morgan fingerprint density at radius 1 is 1.33 bits per heavy atom. The summed E-state index contributed by atoms with van der Waals surface area (Å²) in [5.74, 6) is 1.25. The smallest absolute Gasteiger partial charge is 0.266 e. The van der Waals surface area contributed by atoms with E-state index in [2.05, 4.69) is 32.3 Å². The first-order chi connectivity index (χ1) is 8.72. The zero-order valence-corrected chi connectivity index (χ0v) is 10.5. The first-order valence-electron chi connectivity index (χ1n) is 6.41. The average Bonchev–Trinajstić information content (AvgIpc) is 2.98. The van der Waals surface area contributed by atoms with Crippen molar-refractivity contribution in [3.8, 4) is 0 Å². The van der Waals surface area contributed by atoms with Crippen LogP contribution in [0.4, 0.5) is 5.95 Å². The van der Waals surface area contributed by atoms with E-state index in [0.29, 0.717) is 24.8 Å². The summed E-state index contributed by atoms with van der Waals surface area (Å²) >= 11 is 0. The van der Waals surface area contributed by atoms with E-state index in [1.165, 1.54) is 0 Å². The Morgan fingerprint density at radius 2 is 2.11 bits per heavy atom. The van der Waals surface area contributed by atoms with Gasteiger partial charge in [-0.05, 0) is 18.6 Å². The summed E-state index contributed by atoms with van der Waals surface area (Å²) in [6, 6.07) is -0.00582. The number of hydrogen-bond donors (Lipinski definition) is 2. The maximum atomic E-state index is 9.48. The van der Waals surface area contributed by atoms with Gasteiger partial charge in [0.15, 0.2) is 0 Å². The maximum Gasteiger partial charge on any atom is 0.266 e. The maximum absolute atomic E-state index is 9.48. The minimum Gasteiger partial charge on any atom is -0.392 e. The lowest BCUT2D eigenvalue weighted by molar-refractivity contribution is 0.191. The van der Waals surface area contributed by atoms with E-state index in [4.69, 9.17) is 4.52 Å². The van der Waals surface area contributed by atoms with E-state index in [0.717, 1.165) is 26.2 Å². The first kappa shape index (κ1) is 11.9. The Kier molecular flexibility index (Phi) is 3.19. The van der Waals surface area contributed by atoms with Crippen molar-refractivity contribution in [2.45, 2.75) is 18.6 Å². The van der Waals surface area contributed by atoms with Crippen molar-refractivity contribution in [2.24, 2.45) is 0 Å². The molecule has 0 aromatic carbocycles. The molecule has 7 heteroatoms. The van der Waals surface area contributed by atoms with Gasteiger partial charge < -0.3 is 24.7 Å². The standard InChI is InChI=1S/C11H19N5O2/c1-15-2-4-16(5-3-15)11-13-10(18-14-11)9-6-8(17)7-12-9/h8-9,12,17H,2-7H2,1H3/t8-,9-/m0/s1. The van der Waals surface area contributed by atoms with Gasteiger partial charge in [-0.15, -0.1) is 0 Å². The summed E-state index contributed by atoms with van der Waals surface area (Å²) in [5.41, 5.74) is 0. The molecule has 0 radical (unpaired) electrons. The number of nitrogens with one attached hydrogen (secondary N) is 1. The second-order valence-corrected chi connectivity index (χ2v) is 5.07. The number of rotatable bonds is 2. The van der Waals surface area contributed by atoms with Crippen LogP contribution in [0.3, 0.4) is 0 Å². The van der Waals surface area contributed by atoms with Gasteiger partial charge >= 0.3 is 0 Å². The molecule has 2 aliphatic heterocycles. The van der Waals surface area contributed by atoms with Gasteiger partial charge in [-0.1, -0.05) is 0 Å². The van der Waals surface area contributed by atoms with Crippen LogP contribution >= 0.6 is 0 Å². The van der Waals surface area contributed by atoms with Crippen LogP contribution in [0.25, 0.3) is 0 Å². The molecule has 2 saturated heterocycles. The molecule has 3 heterocycles. The van der Waals surface area contributed by atoms with Crippen molar-refractivity contribution in [1.82, 2.24) is 20.4 Å². The highest BCUT2D eigenvalue weighted by molar-refractivity contribution is 5.29. The summed E-state index contributed by atoms with van der Waals surface area (Å²) < 4.78 is 5.29. The number of anilines is 1. The number of β-amino-alcohol motifs (C(OH)–C–C–N with tert-alkyl or cyclic N) is 1. The lowest BCUT2D eigenvalue weighted by Gasteiger charge is -2.31. The highest BCUT2D eigenvalue weighted by atomic mass is 16.5. The Bertz CT molecular complexity index is 402. The molecule has 2 atom stereocenters. The largest absolute Gasteiger partial charge is 0.392 e. The van der Waals surface area contributed by atoms with Gasteiger partial charge in [0, 0.05) is 32.7 Å². The second kappa shape index (κ2) is 4.83. The normalized spacial score (nSPS) is 30.0. The molecule has 7 nitrogen and oxygen atoms in total. The van der Waals surface area contributed by atoms with Gasteiger partial charge in [-0.3, -0.25) is 0 Å². The summed E-state index contributed by atoms with van der Waals surface area (Å²) in [4.78, 5) is 8.85. The summed E-state index contributed by atoms with van der Waals surface area (Å²) in [6.45, 7) is 4.48. The molecule has 3 rings (SSSR count). The number of hydrogen-bond acceptors (Lipinski definition) is 7. The Morgan fingerprint density at radius 3 is 2.78 bits per heavy atom. The van der Waals surface area contributed by atoms with Crippen molar-refractivity contribution in [1.29, 1.82) is 0 Å². The molecule has 2 N–H and O–H groups in total. The average molecular weight is 253 g/mol. The number of nitrogens with zero attached hydrogens (tertiary/aromatic N) is 4. The van der Waals surface area contributed by atoms with Crippen LogP contribution in [-0.4, -0.2) is 66.0 Å². The molecule has 1 aromatic heterocycles. The van der Waals surface area contributed by atoms with E-state index >= 15 is 0 Å². The van der Waals surface area contributed by atoms with Crippen LogP contribution in [0.2, 0.25) is 0 Å². The SMILES string of the molecule is CN1CCN(c2noc([C@@H]3C[C@H](O)CN3)n2)CC1. The Hall–Kier alpha value is -1.18.